The topological polar surface area (TPSA) is 61.0 Å². The zero-order chi connectivity index (χ0) is 16.8. The molecule has 5 heteroatoms. The Morgan fingerprint density at radius 1 is 1.12 bits per heavy atom. The molecule has 2 N–H and O–H groups in total. The van der Waals surface area contributed by atoms with Crippen LogP contribution in [0.25, 0.3) is 10.9 Å². The number of nitrogens with zero attached hydrogens (tertiary/aromatic N) is 2. The second-order valence-electron chi connectivity index (χ2n) is 5.95. The van der Waals surface area contributed by atoms with Crippen molar-refractivity contribution in [3.05, 3.63) is 65.9 Å². The summed E-state index contributed by atoms with van der Waals surface area (Å²) in [7, 11) is 2.09. The number of rotatable bonds is 7. The molecular weight excluding hydrogens is 300 g/mol. The largest absolute Gasteiger partial charge is 0.351 e. The van der Waals surface area contributed by atoms with E-state index in [4.69, 9.17) is 0 Å². The van der Waals surface area contributed by atoms with Crippen LogP contribution in [0.5, 0.6) is 0 Å². The summed E-state index contributed by atoms with van der Waals surface area (Å²) in [4.78, 5) is 14.5. The van der Waals surface area contributed by atoms with Crippen molar-refractivity contribution in [2.45, 2.75) is 13.0 Å². The molecule has 0 aliphatic heterocycles. The molecule has 0 aliphatic carbocycles. The first kappa shape index (κ1) is 16.2. The van der Waals surface area contributed by atoms with E-state index in [1.54, 1.807) is 0 Å². The number of hydrogen-bond donors (Lipinski definition) is 2. The molecule has 1 heterocycles. The van der Waals surface area contributed by atoms with Crippen LogP contribution in [0.4, 0.5) is 0 Å². The van der Waals surface area contributed by atoms with Crippen LogP contribution in [-0.2, 0) is 6.54 Å². The van der Waals surface area contributed by atoms with Crippen molar-refractivity contribution in [3.63, 3.8) is 0 Å². The Morgan fingerprint density at radius 3 is 2.71 bits per heavy atom. The Bertz CT molecular complexity index is 797. The second-order valence-corrected chi connectivity index (χ2v) is 5.95. The van der Waals surface area contributed by atoms with E-state index in [9.17, 15) is 4.79 Å². The lowest BCUT2D eigenvalue weighted by Crippen LogP contribution is -2.28. The zero-order valence-electron chi connectivity index (χ0n) is 13.8. The van der Waals surface area contributed by atoms with E-state index in [1.807, 2.05) is 30.3 Å². The highest BCUT2D eigenvalue weighted by Crippen LogP contribution is 2.14. The molecule has 0 saturated carbocycles. The molecule has 0 bridgehead atoms. The fourth-order valence-electron chi connectivity index (χ4n) is 2.75. The van der Waals surface area contributed by atoms with Gasteiger partial charge in [-0.05, 0) is 31.6 Å². The predicted octanol–water partition coefficient (Wildman–Crippen LogP) is 2.81. The van der Waals surface area contributed by atoms with Crippen molar-refractivity contribution in [3.8, 4) is 0 Å². The summed E-state index contributed by atoms with van der Waals surface area (Å²) in [5, 5.41) is 10.8. The molecule has 3 rings (SSSR count). The number of fused-ring (bicyclic) bond motifs is 1. The van der Waals surface area contributed by atoms with Gasteiger partial charge in [-0.15, -0.1) is 0 Å². The van der Waals surface area contributed by atoms with Crippen LogP contribution in [0.15, 0.2) is 54.6 Å². The standard InChI is InChI=1S/C19H22N4O/c1-23(14-15-8-3-2-4-9-15)13-7-12-20-19(24)18-16-10-5-6-11-17(16)21-22-18/h2-6,8-11H,7,12-14H2,1H3,(H,20,24)(H,21,22). The fraction of sp³-hybridized carbons (Fsp3) is 0.263. The molecule has 0 saturated heterocycles. The minimum atomic E-state index is -0.127. The number of H-pyrrole nitrogens is 1. The molecule has 0 radical (unpaired) electrons. The number of amides is 1. The van der Waals surface area contributed by atoms with Crippen LogP contribution in [-0.4, -0.2) is 41.1 Å². The molecule has 1 aromatic heterocycles. The summed E-state index contributed by atoms with van der Waals surface area (Å²) in [5.41, 5.74) is 2.64. The van der Waals surface area contributed by atoms with Crippen LogP contribution in [0, 0.1) is 0 Å². The average molecular weight is 322 g/mol. The summed E-state index contributed by atoms with van der Waals surface area (Å²) in [6.45, 7) is 2.48. The summed E-state index contributed by atoms with van der Waals surface area (Å²) in [5.74, 6) is -0.127. The molecule has 0 fully saturated rings. The van der Waals surface area contributed by atoms with Gasteiger partial charge in [0.1, 0.15) is 0 Å². The quantitative estimate of drug-likeness (QED) is 0.658. The molecule has 124 valence electrons. The van der Waals surface area contributed by atoms with Crippen molar-refractivity contribution in [2.24, 2.45) is 0 Å². The smallest absolute Gasteiger partial charge is 0.272 e. The first-order chi connectivity index (χ1) is 11.7. The summed E-state index contributed by atoms with van der Waals surface area (Å²) in [6, 6.07) is 18.0. The molecular formula is C19H22N4O. The van der Waals surface area contributed by atoms with E-state index in [0.29, 0.717) is 12.2 Å². The minimum Gasteiger partial charge on any atom is -0.351 e. The van der Waals surface area contributed by atoms with E-state index in [-0.39, 0.29) is 5.91 Å². The molecule has 3 aromatic rings. The van der Waals surface area contributed by atoms with E-state index < -0.39 is 0 Å². The summed E-state index contributed by atoms with van der Waals surface area (Å²) >= 11 is 0. The Labute approximate surface area is 141 Å². The molecule has 1 amide bonds. The van der Waals surface area contributed by atoms with Crippen molar-refractivity contribution in [1.29, 1.82) is 0 Å². The molecule has 0 atom stereocenters. The number of nitrogens with one attached hydrogen (secondary N) is 2. The molecule has 5 nitrogen and oxygen atoms in total. The number of para-hydroxylation sites is 1. The van der Waals surface area contributed by atoms with E-state index in [2.05, 4.69) is 51.7 Å². The first-order valence-electron chi connectivity index (χ1n) is 8.18. The Hall–Kier alpha value is -2.66. The molecule has 24 heavy (non-hydrogen) atoms. The maximum absolute atomic E-state index is 12.2. The fourth-order valence-corrected chi connectivity index (χ4v) is 2.75. The van der Waals surface area contributed by atoms with Crippen molar-refractivity contribution in [2.75, 3.05) is 20.1 Å². The molecule has 0 spiro atoms. The third-order valence-corrected chi connectivity index (χ3v) is 3.98. The Morgan fingerprint density at radius 2 is 1.88 bits per heavy atom. The minimum absolute atomic E-state index is 0.127. The van der Waals surface area contributed by atoms with Crippen LogP contribution in [0.3, 0.4) is 0 Å². The zero-order valence-corrected chi connectivity index (χ0v) is 13.8. The molecule has 0 aliphatic rings. The van der Waals surface area contributed by atoms with Gasteiger partial charge in [0.05, 0.1) is 5.52 Å². The third-order valence-electron chi connectivity index (χ3n) is 3.98. The predicted molar refractivity (Wildman–Crippen MR) is 95.8 cm³/mol. The summed E-state index contributed by atoms with van der Waals surface area (Å²) < 4.78 is 0. The normalized spacial score (nSPS) is 11.1. The van der Waals surface area contributed by atoms with Gasteiger partial charge in [-0.2, -0.15) is 5.10 Å². The van der Waals surface area contributed by atoms with E-state index in [0.717, 1.165) is 30.4 Å². The van der Waals surface area contributed by atoms with Gasteiger partial charge in [-0.1, -0.05) is 48.5 Å². The van der Waals surface area contributed by atoms with Crippen LogP contribution in [0.2, 0.25) is 0 Å². The highest BCUT2D eigenvalue weighted by molar-refractivity contribution is 6.04. The SMILES string of the molecule is CN(CCCNC(=O)c1n[nH]c2ccccc12)Cc1ccccc1. The van der Waals surface area contributed by atoms with Gasteiger partial charge in [-0.3, -0.25) is 9.89 Å². The van der Waals surface area contributed by atoms with Crippen molar-refractivity contribution < 1.29 is 4.79 Å². The Balaban J connectivity index is 1.44. The average Bonchev–Trinajstić information content (AvgIpc) is 3.03. The number of carbonyl (C=O) groups excluding carboxylic acids is 1. The highest BCUT2D eigenvalue weighted by atomic mass is 16.1. The maximum atomic E-state index is 12.2. The van der Waals surface area contributed by atoms with E-state index in [1.165, 1.54) is 5.56 Å². The maximum Gasteiger partial charge on any atom is 0.272 e. The number of aromatic amines is 1. The van der Waals surface area contributed by atoms with Gasteiger partial charge in [0.2, 0.25) is 0 Å². The molecule has 0 unspecified atom stereocenters. The highest BCUT2D eigenvalue weighted by Gasteiger charge is 2.12. The lowest BCUT2D eigenvalue weighted by molar-refractivity contribution is 0.0948. The van der Waals surface area contributed by atoms with Gasteiger partial charge in [0, 0.05) is 18.5 Å². The lowest BCUT2D eigenvalue weighted by Gasteiger charge is -2.16. The van der Waals surface area contributed by atoms with Crippen molar-refractivity contribution >= 4 is 16.8 Å². The Kier molecular flexibility index (Phi) is 5.23. The van der Waals surface area contributed by atoms with E-state index >= 15 is 0 Å². The number of carbonyl (C=O) groups is 1. The number of hydrogen-bond acceptors (Lipinski definition) is 3. The second kappa shape index (κ2) is 7.75. The van der Waals surface area contributed by atoms with Crippen LogP contribution in [0.1, 0.15) is 22.5 Å². The number of benzene rings is 2. The van der Waals surface area contributed by atoms with Gasteiger partial charge in [-0.25, -0.2) is 0 Å². The number of aromatic nitrogens is 2. The lowest BCUT2D eigenvalue weighted by atomic mass is 10.2. The van der Waals surface area contributed by atoms with Gasteiger partial charge in [0.15, 0.2) is 5.69 Å². The van der Waals surface area contributed by atoms with Gasteiger partial charge in [0.25, 0.3) is 5.91 Å². The van der Waals surface area contributed by atoms with Gasteiger partial charge < -0.3 is 10.2 Å². The first-order valence-corrected chi connectivity index (χ1v) is 8.18. The summed E-state index contributed by atoms with van der Waals surface area (Å²) in [6.07, 6.45) is 0.900. The molecule has 2 aromatic carbocycles. The monoisotopic (exact) mass is 322 g/mol. The van der Waals surface area contributed by atoms with Gasteiger partial charge >= 0.3 is 0 Å². The van der Waals surface area contributed by atoms with Crippen LogP contribution < -0.4 is 5.32 Å². The van der Waals surface area contributed by atoms with Crippen LogP contribution >= 0.6 is 0 Å². The van der Waals surface area contributed by atoms with Crippen molar-refractivity contribution in [1.82, 2.24) is 20.4 Å². The third kappa shape index (κ3) is 4.00.